The summed E-state index contributed by atoms with van der Waals surface area (Å²) in [4.78, 5) is 13.4. The molecule has 0 aliphatic rings. The summed E-state index contributed by atoms with van der Waals surface area (Å²) in [5, 5.41) is 0.00597. The van der Waals surface area contributed by atoms with Gasteiger partial charge >= 0.3 is 0 Å². The Morgan fingerprint density at radius 2 is 1.39 bits per heavy atom. The maximum Gasteiger partial charge on any atom is 0.226 e. The molecule has 0 fully saturated rings. The molecule has 2 aromatic carbocycles. The molecular weight excluding hydrogens is 303 g/mol. The van der Waals surface area contributed by atoms with Gasteiger partial charge in [-0.25, -0.2) is 0 Å². The van der Waals surface area contributed by atoms with Crippen molar-refractivity contribution in [1.29, 1.82) is 0 Å². The first-order chi connectivity index (χ1) is 10.6. The molecule has 23 heavy (non-hydrogen) atoms. The van der Waals surface area contributed by atoms with E-state index in [4.69, 9.17) is 0 Å². The van der Waals surface area contributed by atoms with Crippen LogP contribution in [0.3, 0.4) is 0 Å². The van der Waals surface area contributed by atoms with E-state index in [1.165, 1.54) is 0 Å². The second-order valence-electron chi connectivity index (χ2n) is 7.12. The molecule has 2 nitrogen and oxygen atoms in total. The quantitative estimate of drug-likeness (QED) is 0.722. The van der Waals surface area contributed by atoms with Crippen molar-refractivity contribution >= 4 is 18.0 Å². The summed E-state index contributed by atoms with van der Waals surface area (Å²) in [6.45, 7) is 11.5. The Morgan fingerprint density at radius 1 is 0.870 bits per heavy atom. The van der Waals surface area contributed by atoms with Crippen LogP contribution in [0.15, 0.2) is 42.5 Å². The van der Waals surface area contributed by atoms with Crippen molar-refractivity contribution in [3.05, 3.63) is 64.7 Å². The van der Waals surface area contributed by atoms with E-state index in [9.17, 15) is 9.36 Å². The lowest BCUT2D eigenvalue weighted by molar-refractivity contribution is 0.107. The molecule has 0 aliphatic carbocycles. The lowest BCUT2D eigenvalue weighted by Crippen LogP contribution is -2.29. The number of carbonyl (C=O) groups excluding carboxylic acids is 1. The van der Waals surface area contributed by atoms with Crippen molar-refractivity contribution in [1.82, 2.24) is 0 Å². The zero-order chi connectivity index (χ0) is 17.4. The minimum absolute atomic E-state index is 0.227. The summed E-state index contributed by atoms with van der Waals surface area (Å²) in [6, 6.07) is 13.1. The van der Waals surface area contributed by atoms with E-state index in [0.717, 1.165) is 16.7 Å². The third kappa shape index (κ3) is 2.93. The second kappa shape index (κ2) is 6.09. The number of hydrogen-bond donors (Lipinski definition) is 0. The fraction of sp³-hybridized carbons (Fsp3) is 0.350. The molecule has 1 atom stereocenters. The number of aryl methyl sites for hydroxylation is 2. The zero-order valence-electron chi connectivity index (χ0n) is 14.8. The Labute approximate surface area is 139 Å². The van der Waals surface area contributed by atoms with Crippen LogP contribution >= 0.6 is 7.14 Å². The van der Waals surface area contributed by atoms with Crippen LogP contribution in [0, 0.1) is 20.8 Å². The number of carbonyl (C=O) groups is 1. The summed E-state index contributed by atoms with van der Waals surface area (Å²) in [5.41, 5.74) is 3.25. The number of benzene rings is 2. The number of hydrogen-bond acceptors (Lipinski definition) is 2. The molecule has 0 amide bonds. The van der Waals surface area contributed by atoms with Crippen LogP contribution in [-0.4, -0.2) is 10.7 Å². The van der Waals surface area contributed by atoms with Gasteiger partial charge in [-0.15, -0.1) is 0 Å². The van der Waals surface area contributed by atoms with Gasteiger partial charge in [0.25, 0.3) is 0 Å². The standard InChI is InChI=1S/C20H25O2P/c1-14-12-13-15(2)18(16(14)3)19(21)23(22,20(4,5)6)17-10-8-7-9-11-17/h7-13H,1-6H3. The van der Waals surface area contributed by atoms with E-state index in [1.54, 1.807) is 0 Å². The molecule has 122 valence electrons. The second-order valence-corrected chi connectivity index (χ2v) is 10.6. The highest BCUT2D eigenvalue weighted by Crippen LogP contribution is 2.59. The minimum Gasteiger partial charge on any atom is -0.310 e. The van der Waals surface area contributed by atoms with E-state index in [2.05, 4.69) is 0 Å². The summed E-state index contributed by atoms with van der Waals surface area (Å²) in [7, 11) is -3.28. The third-order valence-electron chi connectivity index (χ3n) is 4.51. The molecule has 0 heterocycles. The average molecular weight is 328 g/mol. The van der Waals surface area contributed by atoms with Crippen molar-refractivity contribution in [2.45, 2.75) is 46.7 Å². The van der Waals surface area contributed by atoms with Gasteiger partial charge in [0.2, 0.25) is 5.52 Å². The Kier molecular flexibility index (Phi) is 4.69. The van der Waals surface area contributed by atoms with Crippen LogP contribution in [-0.2, 0) is 4.57 Å². The van der Waals surface area contributed by atoms with Gasteiger partial charge in [0.1, 0.15) is 0 Å². The van der Waals surface area contributed by atoms with Gasteiger partial charge in [-0.05, 0) is 37.5 Å². The Bertz CT molecular complexity index is 783. The highest BCUT2D eigenvalue weighted by molar-refractivity contribution is 7.88. The zero-order valence-corrected chi connectivity index (χ0v) is 15.7. The van der Waals surface area contributed by atoms with E-state index in [-0.39, 0.29) is 5.52 Å². The van der Waals surface area contributed by atoms with Crippen molar-refractivity contribution in [3.8, 4) is 0 Å². The minimum atomic E-state index is -3.28. The maximum absolute atomic E-state index is 14.0. The monoisotopic (exact) mass is 328 g/mol. The van der Waals surface area contributed by atoms with Gasteiger partial charge in [-0.2, -0.15) is 0 Å². The SMILES string of the molecule is Cc1ccc(C)c(C(=O)P(=O)(c2ccccc2)C(C)(C)C)c1C. The molecule has 2 rings (SSSR count). The van der Waals surface area contributed by atoms with E-state index < -0.39 is 12.3 Å². The summed E-state index contributed by atoms with van der Waals surface area (Å²) < 4.78 is 14.0. The molecule has 0 radical (unpaired) electrons. The van der Waals surface area contributed by atoms with Crippen LogP contribution in [0.25, 0.3) is 0 Å². The van der Waals surface area contributed by atoms with Crippen LogP contribution in [0.4, 0.5) is 0 Å². The topological polar surface area (TPSA) is 34.1 Å². The van der Waals surface area contributed by atoms with E-state index >= 15 is 0 Å². The molecular formula is C20H25O2P. The lowest BCUT2D eigenvalue weighted by Gasteiger charge is -2.31. The van der Waals surface area contributed by atoms with E-state index in [0.29, 0.717) is 10.9 Å². The number of rotatable bonds is 3. The molecule has 3 heteroatoms. The summed E-state index contributed by atoms with van der Waals surface area (Å²) in [6.07, 6.45) is 0. The van der Waals surface area contributed by atoms with Crippen molar-refractivity contribution in [3.63, 3.8) is 0 Å². The van der Waals surface area contributed by atoms with Gasteiger partial charge in [0.05, 0.1) is 0 Å². The largest absolute Gasteiger partial charge is 0.310 e. The molecule has 0 aliphatic heterocycles. The molecule has 2 aromatic rings. The fourth-order valence-corrected chi connectivity index (χ4v) is 5.75. The molecule has 0 aromatic heterocycles. The third-order valence-corrected chi connectivity index (χ3v) is 8.22. The van der Waals surface area contributed by atoms with Crippen molar-refractivity contribution < 1.29 is 9.36 Å². The predicted molar refractivity (Wildman–Crippen MR) is 98.4 cm³/mol. The van der Waals surface area contributed by atoms with E-state index in [1.807, 2.05) is 84.0 Å². The molecule has 1 unspecified atom stereocenters. The van der Waals surface area contributed by atoms with Crippen LogP contribution in [0.5, 0.6) is 0 Å². The van der Waals surface area contributed by atoms with Crippen molar-refractivity contribution in [2.24, 2.45) is 0 Å². The highest BCUT2D eigenvalue weighted by Gasteiger charge is 2.45. The first-order valence-corrected chi connectivity index (χ1v) is 9.59. The van der Waals surface area contributed by atoms with Gasteiger partial charge in [-0.3, -0.25) is 4.79 Å². The highest BCUT2D eigenvalue weighted by atomic mass is 31.2. The molecule has 0 spiro atoms. The Morgan fingerprint density at radius 3 is 1.91 bits per heavy atom. The molecule has 0 N–H and O–H groups in total. The van der Waals surface area contributed by atoms with Gasteiger partial charge in [0.15, 0.2) is 7.14 Å². The molecule has 0 saturated heterocycles. The van der Waals surface area contributed by atoms with Gasteiger partial charge in [0, 0.05) is 16.0 Å². The first-order valence-electron chi connectivity index (χ1n) is 7.88. The average Bonchev–Trinajstić information content (AvgIpc) is 2.50. The van der Waals surface area contributed by atoms with Crippen molar-refractivity contribution in [2.75, 3.05) is 0 Å². The summed E-state index contributed by atoms with van der Waals surface area (Å²) in [5.74, 6) is 0. The smallest absolute Gasteiger partial charge is 0.226 e. The first kappa shape index (κ1) is 17.7. The van der Waals surface area contributed by atoms with Crippen LogP contribution in [0.1, 0.15) is 47.8 Å². The Hall–Kier alpha value is -1.66. The van der Waals surface area contributed by atoms with Gasteiger partial charge in [-0.1, -0.05) is 63.2 Å². The van der Waals surface area contributed by atoms with Gasteiger partial charge < -0.3 is 4.57 Å². The predicted octanol–water partition coefficient (Wildman–Crippen LogP) is 5.24. The fourth-order valence-electron chi connectivity index (χ4n) is 2.88. The normalized spacial score (nSPS) is 14.3. The van der Waals surface area contributed by atoms with Crippen LogP contribution in [0.2, 0.25) is 0 Å². The lowest BCUT2D eigenvalue weighted by atomic mass is 9.99. The maximum atomic E-state index is 14.0. The molecule has 0 saturated carbocycles. The summed E-state index contributed by atoms with van der Waals surface area (Å²) >= 11 is 0. The van der Waals surface area contributed by atoms with Crippen LogP contribution < -0.4 is 5.30 Å². The Balaban J connectivity index is 2.76. The molecule has 0 bridgehead atoms.